The molecule has 0 aliphatic heterocycles. The third-order valence-electron chi connectivity index (χ3n) is 6.25. The first-order chi connectivity index (χ1) is 13.1. The summed E-state index contributed by atoms with van der Waals surface area (Å²) in [6.07, 6.45) is 10.2. The molecule has 2 nitrogen and oxygen atoms in total. The molecule has 0 spiro atoms. The Morgan fingerprint density at radius 2 is 1.78 bits per heavy atom. The van der Waals surface area contributed by atoms with Gasteiger partial charge in [-0.1, -0.05) is 24.3 Å². The van der Waals surface area contributed by atoms with Gasteiger partial charge in [0.05, 0.1) is 12.2 Å². The molecular formula is C24H27FO2. The van der Waals surface area contributed by atoms with Crippen LogP contribution >= 0.6 is 0 Å². The summed E-state index contributed by atoms with van der Waals surface area (Å²) >= 11 is 0. The normalized spacial score (nSPS) is 26.3. The molecule has 142 valence electrons. The fourth-order valence-corrected chi connectivity index (χ4v) is 4.84. The third kappa shape index (κ3) is 4.08. The summed E-state index contributed by atoms with van der Waals surface area (Å²) in [4.78, 5) is 0. The Morgan fingerprint density at radius 1 is 1.00 bits per heavy atom. The van der Waals surface area contributed by atoms with E-state index >= 15 is 0 Å². The highest BCUT2D eigenvalue weighted by molar-refractivity contribution is 5.34. The zero-order valence-corrected chi connectivity index (χ0v) is 15.8. The molecule has 27 heavy (non-hydrogen) atoms. The van der Waals surface area contributed by atoms with Crippen LogP contribution in [-0.2, 0) is 11.3 Å². The largest absolute Gasteiger partial charge is 0.457 e. The van der Waals surface area contributed by atoms with Crippen molar-refractivity contribution in [1.82, 2.24) is 0 Å². The van der Waals surface area contributed by atoms with Crippen LogP contribution in [0.15, 0.2) is 61.2 Å². The summed E-state index contributed by atoms with van der Waals surface area (Å²) in [7, 11) is 0. The van der Waals surface area contributed by atoms with Gasteiger partial charge in [0.25, 0.3) is 0 Å². The second kappa shape index (κ2) is 7.47. The van der Waals surface area contributed by atoms with Crippen molar-refractivity contribution >= 4 is 0 Å². The Hall–Kier alpha value is -2.13. The first-order valence-electron chi connectivity index (χ1n) is 9.88. The average molecular weight is 366 g/mol. The molecule has 0 atom stereocenters. The Bertz CT molecular complexity index is 791. The predicted octanol–water partition coefficient (Wildman–Crippen LogP) is 6.80. The van der Waals surface area contributed by atoms with Crippen LogP contribution in [0, 0.1) is 11.2 Å². The van der Waals surface area contributed by atoms with Gasteiger partial charge in [0.15, 0.2) is 0 Å². The van der Waals surface area contributed by atoms with Crippen molar-refractivity contribution in [2.24, 2.45) is 5.41 Å². The number of allylic oxidation sites excluding steroid dienone is 1. The monoisotopic (exact) mass is 366 g/mol. The van der Waals surface area contributed by atoms with Crippen LogP contribution in [-0.4, -0.2) is 5.60 Å². The highest BCUT2D eigenvalue weighted by Gasteiger charge is 2.54. The Balaban J connectivity index is 1.41. The van der Waals surface area contributed by atoms with Crippen LogP contribution in [0.25, 0.3) is 0 Å². The molecule has 2 bridgehead atoms. The Morgan fingerprint density at radius 3 is 2.52 bits per heavy atom. The molecule has 2 aliphatic carbocycles. The molecule has 2 aromatic carbocycles. The molecule has 2 aromatic rings. The molecule has 0 N–H and O–H groups in total. The van der Waals surface area contributed by atoms with Gasteiger partial charge in [-0.2, -0.15) is 0 Å². The van der Waals surface area contributed by atoms with Crippen molar-refractivity contribution in [3.63, 3.8) is 0 Å². The van der Waals surface area contributed by atoms with Crippen LogP contribution in [0.4, 0.5) is 4.39 Å². The summed E-state index contributed by atoms with van der Waals surface area (Å²) in [6.45, 7) is 4.29. The highest BCUT2D eigenvalue weighted by atomic mass is 19.1. The number of hydrogen-bond acceptors (Lipinski definition) is 2. The van der Waals surface area contributed by atoms with Crippen LogP contribution in [0.3, 0.4) is 0 Å². The van der Waals surface area contributed by atoms with E-state index in [2.05, 4.69) is 6.58 Å². The highest BCUT2D eigenvalue weighted by Crippen LogP contribution is 2.60. The molecule has 2 fully saturated rings. The lowest BCUT2D eigenvalue weighted by atomic mass is 9.80. The summed E-state index contributed by atoms with van der Waals surface area (Å²) in [5.41, 5.74) is 1.25. The van der Waals surface area contributed by atoms with E-state index in [1.165, 1.54) is 25.3 Å². The van der Waals surface area contributed by atoms with E-state index in [9.17, 15) is 4.39 Å². The van der Waals surface area contributed by atoms with Crippen molar-refractivity contribution in [3.05, 3.63) is 72.6 Å². The molecule has 0 amide bonds. The van der Waals surface area contributed by atoms with Crippen LogP contribution in [0.1, 0.15) is 50.5 Å². The lowest BCUT2D eigenvalue weighted by Crippen LogP contribution is -2.26. The summed E-state index contributed by atoms with van der Waals surface area (Å²) in [5.74, 6) is 0.917. The molecule has 0 heterocycles. The molecule has 0 radical (unpaired) electrons. The van der Waals surface area contributed by atoms with Gasteiger partial charge >= 0.3 is 0 Å². The molecule has 2 saturated carbocycles. The maximum absolute atomic E-state index is 14.1. The predicted molar refractivity (Wildman–Crippen MR) is 105 cm³/mol. The zero-order valence-electron chi connectivity index (χ0n) is 15.8. The number of fused-ring (bicyclic) bond motifs is 2. The third-order valence-corrected chi connectivity index (χ3v) is 6.25. The maximum Gasteiger partial charge on any atom is 0.130 e. The van der Waals surface area contributed by atoms with E-state index in [0.29, 0.717) is 23.5 Å². The van der Waals surface area contributed by atoms with Gasteiger partial charge in [-0.3, -0.25) is 0 Å². The number of hydrogen-bond donors (Lipinski definition) is 0. The van der Waals surface area contributed by atoms with E-state index in [1.54, 1.807) is 6.07 Å². The fourth-order valence-electron chi connectivity index (χ4n) is 4.84. The van der Waals surface area contributed by atoms with E-state index in [-0.39, 0.29) is 11.4 Å². The number of rotatable bonds is 8. The minimum atomic E-state index is -0.294. The minimum Gasteiger partial charge on any atom is -0.457 e. The number of benzene rings is 2. The quantitative estimate of drug-likeness (QED) is 0.478. The van der Waals surface area contributed by atoms with E-state index in [4.69, 9.17) is 9.47 Å². The molecular weight excluding hydrogens is 339 g/mol. The average Bonchev–Trinajstić information content (AvgIpc) is 3.22. The molecule has 2 aliphatic rings. The van der Waals surface area contributed by atoms with Gasteiger partial charge in [0.1, 0.15) is 17.3 Å². The van der Waals surface area contributed by atoms with Gasteiger partial charge in [0, 0.05) is 6.07 Å². The smallest absolute Gasteiger partial charge is 0.130 e. The summed E-state index contributed by atoms with van der Waals surface area (Å²) in [5, 5.41) is 0. The first-order valence-corrected chi connectivity index (χ1v) is 9.88. The topological polar surface area (TPSA) is 18.5 Å². The first kappa shape index (κ1) is 18.2. The van der Waals surface area contributed by atoms with Gasteiger partial charge < -0.3 is 9.47 Å². The van der Waals surface area contributed by atoms with Crippen molar-refractivity contribution in [2.75, 3.05) is 0 Å². The Kier molecular flexibility index (Phi) is 5.05. The number of halogens is 1. The van der Waals surface area contributed by atoms with E-state index in [1.807, 2.05) is 42.5 Å². The van der Waals surface area contributed by atoms with Crippen molar-refractivity contribution in [2.45, 2.75) is 57.2 Å². The van der Waals surface area contributed by atoms with Crippen LogP contribution in [0.5, 0.6) is 11.5 Å². The van der Waals surface area contributed by atoms with E-state index < -0.39 is 0 Å². The summed E-state index contributed by atoms with van der Waals surface area (Å²) in [6, 6.07) is 14.3. The number of ether oxygens (including phenoxy) is 2. The maximum atomic E-state index is 14.1. The van der Waals surface area contributed by atoms with Crippen molar-refractivity contribution in [3.8, 4) is 11.5 Å². The lowest BCUT2D eigenvalue weighted by Gasteiger charge is -2.28. The molecule has 3 heteroatoms. The van der Waals surface area contributed by atoms with Crippen molar-refractivity contribution < 1.29 is 13.9 Å². The standard InChI is InChI=1S/C24H27FO2/c1-2-3-9-23-10-12-24(18-23,13-11-23)26-17-19-14-20(25)16-22(15-19)27-21-7-5-4-6-8-21/h2,4-8,14-16H,1,3,9-13,17-18H2. The molecule has 0 aromatic heterocycles. The van der Waals surface area contributed by atoms with Gasteiger partial charge in [0.2, 0.25) is 0 Å². The lowest BCUT2D eigenvalue weighted by molar-refractivity contribution is -0.0486. The summed E-state index contributed by atoms with van der Waals surface area (Å²) < 4.78 is 26.2. The van der Waals surface area contributed by atoms with Gasteiger partial charge in [-0.15, -0.1) is 6.58 Å². The second-order valence-corrected chi connectivity index (χ2v) is 8.19. The zero-order chi connectivity index (χ0) is 18.7. The van der Waals surface area contributed by atoms with Crippen molar-refractivity contribution in [1.29, 1.82) is 0 Å². The minimum absolute atomic E-state index is 0.0199. The fraction of sp³-hybridized carbons (Fsp3) is 0.417. The van der Waals surface area contributed by atoms with Gasteiger partial charge in [-0.25, -0.2) is 4.39 Å². The van der Waals surface area contributed by atoms with E-state index in [0.717, 1.165) is 31.2 Å². The van der Waals surface area contributed by atoms with Gasteiger partial charge in [-0.05, 0) is 80.2 Å². The SMILES string of the molecule is C=CCCC12CCC(OCc3cc(F)cc(Oc4ccccc4)c3)(CC1)C2. The Labute approximate surface area is 161 Å². The van der Waals surface area contributed by atoms with Crippen LogP contribution < -0.4 is 4.74 Å². The van der Waals surface area contributed by atoms with Crippen LogP contribution in [0.2, 0.25) is 0 Å². The second-order valence-electron chi connectivity index (χ2n) is 8.19. The number of para-hydroxylation sites is 1. The molecule has 0 unspecified atom stereocenters. The molecule has 0 saturated heterocycles. The molecule has 4 rings (SSSR count).